The van der Waals surface area contributed by atoms with E-state index in [9.17, 15) is 4.79 Å². The molecule has 1 aromatic heterocycles. The van der Waals surface area contributed by atoms with Crippen molar-refractivity contribution < 1.29 is 4.79 Å². The van der Waals surface area contributed by atoms with E-state index in [1.807, 2.05) is 11.4 Å². The maximum absolute atomic E-state index is 11.9. The zero-order chi connectivity index (χ0) is 13.1. The zero-order valence-corrected chi connectivity index (χ0v) is 13.0. The Hall–Kier alpha value is -0.550. The van der Waals surface area contributed by atoms with Crippen molar-refractivity contribution in [1.82, 2.24) is 5.32 Å². The first-order chi connectivity index (χ1) is 8.56. The molecule has 0 unspecified atom stereocenters. The van der Waals surface area contributed by atoms with Gasteiger partial charge in [-0.05, 0) is 45.6 Å². The summed E-state index contributed by atoms with van der Waals surface area (Å²) >= 11 is 16.7. The van der Waals surface area contributed by atoms with Crippen LogP contribution < -0.4 is 5.32 Å². The largest absolute Gasteiger partial charge is 0.347 e. The fraction of sp³-hybridized carbons (Fsp3) is 0.0833. The maximum Gasteiger partial charge on any atom is 0.251 e. The highest BCUT2D eigenvalue weighted by Crippen LogP contribution is 2.23. The Morgan fingerprint density at radius 1 is 1.28 bits per heavy atom. The zero-order valence-electron chi connectivity index (χ0n) is 9.04. The Bertz CT molecular complexity index is 565. The summed E-state index contributed by atoms with van der Waals surface area (Å²) in [6.45, 7) is 0.473. The molecule has 0 atom stereocenters. The van der Waals surface area contributed by atoms with Gasteiger partial charge in [-0.25, -0.2) is 0 Å². The molecule has 0 bridgehead atoms. The molecule has 1 amide bonds. The average Bonchev–Trinajstić information content (AvgIpc) is 2.70. The fourth-order valence-corrected chi connectivity index (χ4v) is 3.36. The van der Waals surface area contributed by atoms with E-state index in [1.165, 1.54) is 0 Å². The van der Waals surface area contributed by atoms with Crippen molar-refractivity contribution in [3.63, 3.8) is 0 Å². The lowest BCUT2D eigenvalue weighted by atomic mass is 10.2. The second-order valence-corrected chi connectivity index (χ2v) is 6.26. The van der Waals surface area contributed by atoms with Gasteiger partial charge in [0.25, 0.3) is 5.91 Å². The van der Waals surface area contributed by atoms with Crippen LogP contribution in [0.1, 0.15) is 15.2 Å². The SMILES string of the molecule is O=C(NCc1sccc1Br)c1cc(Cl)cc(Cl)c1. The summed E-state index contributed by atoms with van der Waals surface area (Å²) < 4.78 is 0.997. The maximum atomic E-state index is 11.9. The summed E-state index contributed by atoms with van der Waals surface area (Å²) in [7, 11) is 0. The summed E-state index contributed by atoms with van der Waals surface area (Å²) in [5.41, 5.74) is 0.458. The van der Waals surface area contributed by atoms with E-state index in [0.717, 1.165) is 9.35 Å². The third-order valence-electron chi connectivity index (χ3n) is 2.23. The van der Waals surface area contributed by atoms with E-state index in [1.54, 1.807) is 29.5 Å². The Kier molecular flexibility index (Phi) is 4.67. The number of hydrogen-bond acceptors (Lipinski definition) is 2. The van der Waals surface area contributed by atoms with E-state index in [-0.39, 0.29) is 5.91 Å². The van der Waals surface area contributed by atoms with Crippen LogP contribution in [0.15, 0.2) is 34.1 Å². The molecule has 18 heavy (non-hydrogen) atoms. The third-order valence-corrected chi connectivity index (χ3v) is 4.59. The number of carbonyl (C=O) groups is 1. The second-order valence-electron chi connectivity index (χ2n) is 3.53. The van der Waals surface area contributed by atoms with Crippen molar-refractivity contribution in [3.05, 3.63) is 54.6 Å². The first kappa shape index (κ1) is 13.9. The van der Waals surface area contributed by atoms with E-state index in [4.69, 9.17) is 23.2 Å². The molecular formula is C12H8BrCl2NOS. The Labute approximate surface area is 127 Å². The fourth-order valence-electron chi connectivity index (χ4n) is 1.40. The van der Waals surface area contributed by atoms with Crippen molar-refractivity contribution in [2.75, 3.05) is 0 Å². The van der Waals surface area contributed by atoms with Gasteiger partial charge in [-0.1, -0.05) is 23.2 Å². The quantitative estimate of drug-likeness (QED) is 0.836. The predicted molar refractivity (Wildman–Crippen MR) is 79.7 cm³/mol. The lowest BCUT2D eigenvalue weighted by molar-refractivity contribution is 0.0951. The molecule has 94 valence electrons. The minimum atomic E-state index is -0.195. The van der Waals surface area contributed by atoms with Crippen LogP contribution in [-0.4, -0.2) is 5.91 Å². The van der Waals surface area contributed by atoms with Gasteiger partial charge in [-0.3, -0.25) is 4.79 Å². The summed E-state index contributed by atoms with van der Waals surface area (Å²) in [5.74, 6) is -0.195. The molecule has 0 aliphatic rings. The molecule has 0 saturated heterocycles. The molecule has 2 rings (SSSR count). The smallest absolute Gasteiger partial charge is 0.251 e. The van der Waals surface area contributed by atoms with Crippen LogP contribution in [-0.2, 0) is 6.54 Å². The van der Waals surface area contributed by atoms with E-state index < -0.39 is 0 Å². The standard InChI is InChI=1S/C12H8BrCl2NOS/c13-10-1-2-18-11(10)6-16-12(17)7-3-8(14)5-9(15)4-7/h1-5H,6H2,(H,16,17). The van der Waals surface area contributed by atoms with Gasteiger partial charge >= 0.3 is 0 Å². The third kappa shape index (κ3) is 3.48. The monoisotopic (exact) mass is 363 g/mol. The number of hydrogen-bond donors (Lipinski definition) is 1. The van der Waals surface area contributed by atoms with Gasteiger partial charge in [0.15, 0.2) is 0 Å². The van der Waals surface area contributed by atoms with E-state index in [2.05, 4.69) is 21.2 Å². The van der Waals surface area contributed by atoms with Crippen molar-refractivity contribution >= 4 is 56.4 Å². The van der Waals surface area contributed by atoms with Crippen LogP contribution in [0.2, 0.25) is 10.0 Å². The van der Waals surface area contributed by atoms with E-state index in [0.29, 0.717) is 22.2 Å². The van der Waals surface area contributed by atoms with Crippen molar-refractivity contribution in [2.24, 2.45) is 0 Å². The van der Waals surface area contributed by atoms with Crippen LogP contribution in [0.3, 0.4) is 0 Å². The number of nitrogens with one attached hydrogen (secondary N) is 1. The molecule has 0 aliphatic carbocycles. The van der Waals surface area contributed by atoms with Gasteiger partial charge in [-0.15, -0.1) is 11.3 Å². The van der Waals surface area contributed by atoms with Gasteiger partial charge < -0.3 is 5.32 Å². The van der Waals surface area contributed by atoms with Crippen LogP contribution >= 0.6 is 50.5 Å². The molecule has 6 heteroatoms. The molecule has 0 fully saturated rings. The number of benzene rings is 1. The minimum Gasteiger partial charge on any atom is -0.347 e. The molecule has 1 heterocycles. The van der Waals surface area contributed by atoms with Gasteiger partial charge in [0.1, 0.15) is 0 Å². The molecular weight excluding hydrogens is 357 g/mol. The number of rotatable bonds is 3. The number of thiophene rings is 1. The minimum absolute atomic E-state index is 0.195. The molecule has 0 spiro atoms. The highest BCUT2D eigenvalue weighted by molar-refractivity contribution is 9.10. The van der Waals surface area contributed by atoms with Crippen LogP contribution in [0.25, 0.3) is 0 Å². The number of carbonyl (C=O) groups excluding carboxylic acids is 1. The molecule has 0 radical (unpaired) electrons. The average molecular weight is 365 g/mol. The van der Waals surface area contributed by atoms with Crippen LogP contribution in [0.5, 0.6) is 0 Å². The highest BCUT2D eigenvalue weighted by atomic mass is 79.9. The van der Waals surface area contributed by atoms with Crippen molar-refractivity contribution in [2.45, 2.75) is 6.54 Å². The lowest BCUT2D eigenvalue weighted by Crippen LogP contribution is -2.22. The summed E-state index contributed by atoms with van der Waals surface area (Å²) in [4.78, 5) is 13.0. The van der Waals surface area contributed by atoms with Gasteiger partial charge in [-0.2, -0.15) is 0 Å². The Morgan fingerprint density at radius 3 is 2.50 bits per heavy atom. The molecule has 2 nitrogen and oxygen atoms in total. The first-order valence-electron chi connectivity index (χ1n) is 5.02. The topological polar surface area (TPSA) is 29.1 Å². The van der Waals surface area contributed by atoms with Crippen LogP contribution in [0, 0.1) is 0 Å². The van der Waals surface area contributed by atoms with Gasteiger partial charge in [0, 0.05) is 25.0 Å². The molecule has 0 aliphatic heterocycles. The highest BCUT2D eigenvalue weighted by Gasteiger charge is 2.09. The van der Waals surface area contributed by atoms with E-state index >= 15 is 0 Å². The number of halogens is 3. The molecule has 2 aromatic rings. The summed E-state index contributed by atoms with van der Waals surface area (Å²) in [6.07, 6.45) is 0. The summed E-state index contributed by atoms with van der Waals surface area (Å²) in [5, 5.41) is 5.68. The molecule has 0 saturated carbocycles. The van der Waals surface area contributed by atoms with Gasteiger partial charge in [0.2, 0.25) is 0 Å². The second kappa shape index (κ2) is 6.06. The molecule has 1 aromatic carbocycles. The first-order valence-corrected chi connectivity index (χ1v) is 7.45. The van der Waals surface area contributed by atoms with Crippen LogP contribution in [0.4, 0.5) is 0 Å². The van der Waals surface area contributed by atoms with Crippen molar-refractivity contribution in [1.29, 1.82) is 0 Å². The number of amides is 1. The predicted octanol–water partition coefficient (Wildman–Crippen LogP) is 4.75. The molecule has 1 N–H and O–H groups in total. The lowest BCUT2D eigenvalue weighted by Gasteiger charge is -2.05. The summed E-state index contributed by atoms with van der Waals surface area (Å²) in [6, 6.07) is 6.72. The Balaban J connectivity index is 2.06. The van der Waals surface area contributed by atoms with Gasteiger partial charge in [0.05, 0.1) is 6.54 Å². The normalized spacial score (nSPS) is 10.4. The Morgan fingerprint density at radius 2 is 1.94 bits per heavy atom. The van der Waals surface area contributed by atoms with Crippen molar-refractivity contribution in [3.8, 4) is 0 Å².